The predicted octanol–water partition coefficient (Wildman–Crippen LogP) is 0.746. The first-order chi connectivity index (χ1) is 7.31. The number of carbonyl (C=O) groups is 1. The Balaban J connectivity index is 0.00000128. The van der Waals surface area contributed by atoms with Gasteiger partial charge in [0.1, 0.15) is 0 Å². The second-order valence-electron chi connectivity index (χ2n) is 4.50. The van der Waals surface area contributed by atoms with Crippen molar-refractivity contribution in [3.05, 3.63) is 0 Å². The molecule has 2 aliphatic rings. The summed E-state index contributed by atoms with van der Waals surface area (Å²) in [5, 5.41) is 3.02. The summed E-state index contributed by atoms with van der Waals surface area (Å²) in [5.74, 6) is 0.305. The Hall–Kier alpha value is -0.0300. The third-order valence-corrected chi connectivity index (χ3v) is 3.32. The number of amides is 1. The molecule has 1 saturated carbocycles. The van der Waals surface area contributed by atoms with E-state index in [1.54, 1.807) is 0 Å². The summed E-state index contributed by atoms with van der Waals surface area (Å²) in [7, 11) is 1.89. The first kappa shape index (κ1) is 17.0. The molecule has 1 saturated heterocycles. The van der Waals surface area contributed by atoms with Crippen molar-refractivity contribution in [3.8, 4) is 0 Å². The Morgan fingerprint density at radius 1 is 1.18 bits per heavy atom. The fourth-order valence-corrected chi connectivity index (χ4v) is 2.17. The van der Waals surface area contributed by atoms with Crippen molar-refractivity contribution in [2.75, 3.05) is 39.8 Å². The number of carbonyl (C=O) groups excluding carboxylic acids is 1. The fourth-order valence-electron chi connectivity index (χ4n) is 2.17. The zero-order valence-corrected chi connectivity index (χ0v) is 12.0. The number of halogens is 2. The number of nitrogens with one attached hydrogen (secondary N) is 1. The van der Waals surface area contributed by atoms with Gasteiger partial charge in [0.2, 0.25) is 5.91 Å². The minimum atomic E-state index is 0. The zero-order chi connectivity index (χ0) is 10.7. The smallest absolute Gasteiger partial charge is 0.223 e. The lowest BCUT2D eigenvalue weighted by Gasteiger charge is -2.34. The molecule has 0 spiro atoms. The molecule has 17 heavy (non-hydrogen) atoms. The maximum absolute atomic E-state index is 11.7. The molecule has 1 amide bonds. The molecular weight excluding hydrogens is 261 g/mol. The highest BCUT2D eigenvalue weighted by atomic mass is 35.5. The third-order valence-electron chi connectivity index (χ3n) is 3.32. The Kier molecular flexibility index (Phi) is 8.12. The van der Waals surface area contributed by atoms with E-state index >= 15 is 0 Å². The largest absolute Gasteiger partial charge is 0.340 e. The lowest BCUT2D eigenvalue weighted by atomic mass is 10.2. The molecule has 4 nitrogen and oxygen atoms in total. The summed E-state index contributed by atoms with van der Waals surface area (Å²) in [6, 6.07) is 0.847. The first-order valence-electron chi connectivity index (χ1n) is 5.97. The second-order valence-corrected chi connectivity index (χ2v) is 4.50. The molecule has 102 valence electrons. The van der Waals surface area contributed by atoms with Crippen LogP contribution >= 0.6 is 24.8 Å². The van der Waals surface area contributed by atoms with Gasteiger partial charge in [0.05, 0.1) is 0 Å². The zero-order valence-electron chi connectivity index (χ0n) is 10.4. The normalized spacial score (nSPS) is 20.4. The minimum Gasteiger partial charge on any atom is -0.340 e. The number of piperazine rings is 1. The maximum atomic E-state index is 11.7. The van der Waals surface area contributed by atoms with Crippen LogP contribution in [0.15, 0.2) is 0 Å². The van der Waals surface area contributed by atoms with Gasteiger partial charge < -0.3 is 10.2 Å². The van der Waals surface area contributed by atoms with Crippen molar-refractivity contribution in [1.82, 2.24) is 15.1 Å². The molecule has 0 unspecified atom stereocenters. The Bertz CT molecular complexity index is 229. The van der Waals surface area contributed by atoms with Crippen LogP contribution in [-0.2, 0) is 4.79 Å². The van der Waals surface area contributed by atoms with Crippen LogP contribution in [0.3, 0.4) is 0 Å². The van der Waals surface area contributed by atoms with Crippen LogP contribution in [0.25, 0.3) is 0 Å². The molecule has 0 radical (unpaired) electrons. The lowest BCUT2D eigenvalue weighted by molar-refractivity contribution is -0.132. The molecule has 1 aliphatic heterocycles. The highest BCUT2D eigenvalue weighted by Gasteiger charge is 2.31. The van der Waals surface area contributed by atoms with E-state index in [9.17, 15) is 4.79 Å². The quantitative estimate of drug-likeness (QED) is 0.827. The highest BCUT2D eigenvalue weighted by molar-refractivity contribution is 5.85. The summed E-state index contributed by atoms with van der Waals surface area (Å²) in [6.45, 7) is 4.81. The van der Waals surface area contributed by atoms with Gasteiger partial charge in [-0.3, -0.25) is 9.69 Å². The number of nitrogens with zero attached hydrogens (tertiary/aromatic N) is 2. The Morgan fingerprint density at radius 2 is 1.76 bits per heavy atom. The molecule has 2 rings (SSSR count). The summed E-state index contributed by atoms with van der Waals surface area (Å²) >= 11 is 0. The lowest BCUT2D eigenvalue weighted by Crippen LogP contribution is -2.49. The van der Waals surface area contributed by atoms with Crippen molar-refractivity contribution in [3.63, 3.8) is 0 Å². The summed E-state index contributed by atoms with van der Waals surface area (Å²) < 4.78 is 0. The highest BCUT2D eigenvalue weighted by Crippen LogP contribution is 2.27. The van der Waals surface area contributed by atoms with E-state index in [2.05, 4.69) is 10.2 Å². The molecule has 2 fully saturated rings. The van der Waals surface area contributed by atoms with Crippen molar-refractivity contribution in [1.29, 1.82) is 0 Å². The van der Waals surface area contributed by atoms with Crippen LogP contribution in [0.4, 0.5) is 0 Å². The standard InChI is InChI=1S/C11H21N3O.2ClH/c1-12-5-4-11(15)14-8-6-13(7-9-14)10-2-3-10;;/h10,12H,2-9H2,1H3;2*1H. The number of rotatable bonds is 4. The molecule has 1 N–H and O–H groups in total. The van der Waals surface area contributed by atoms with Crippen LogP contribution in [0.5, 0.6) is 0 Å². The van der Waals surface area contributed by atoms with Crippen molar-refractivity contribution < 1.29 is 4.79 Å². The van der Waals surface area contributed by atoms with Gasteiger partial charge in [-0.1, -0.05) is 0 Å². The first-order valence-corrected chi connectivity index (χ1v) is 5.97. The van der Waals surface area contributed by atoms with E-state index < -0.39 is 0 Å². The molecule has 1 heterocycles. The van der Waals surface area contributed by atoms with E-state index in [-0.39, 0.29) is 24.8 Å². The molecule has 1 aliphatic carbocycles. The predicted molar refractivity (Wildman–Crippen MR) is 74.2 cm³/mol. The van der Waals surface area contributed by atoms with Crippen LogP contribution < -0.4 is 5.32 Å². The van der Waals surface area contributed by atoms with Gasteiger partial charge in [-0.2, -0.15) is 0 Å². The van der Waals surface area contributed by atoms with Crippen LogP contribution in [0.1, 0.15) is 19.3 Å². The van der Waals surface area contributed by atoms with Crippen LogP contribution in [0, 0.1) is 0 Å². The molecule has 0 atom stereocenters. The Labute approximate surface area is 116 Å². The number of hydrogen-bond donors (Lipinski definition) is 1. The molecule has 6 heteroatoms. The van der Waals surface area contributed by atoms with E-state index in [1.807, 2.05) is 11.9 Å². The average molecular weight is 284 g/mol. The van der Waals surface area contributed by atoms with E-state index in [1.165, 1.54) is 12.8 Å². The van der Waals surface area contributed by atoms with E-state index in [0.29, 0.717) is 12.3 Å². The fraction of sp³-hybridized carbons (Fsp3) is 0.909. The summed E-state index contributed by atoms with van der Waals surface area (Å²) in [6.07, 6.45) is 3.38. The second kappa shape index (κ2) is 8.14. The van der Waals surface area contributed by atoms with Crippen molar-refractivity contribution in [2.24, 2.45) is 0 Å². The SMILES string of the molecule is CNCCC(=O)N1CCN(C2CC2)CC1.Cl.Cl. The van der Waals surface area contributed by atoms with E-state index in [4.69, 9.17) is 0 Å². The molecule has 0 aromatic rings. The van der Waals surface area contributed by atoms with Gasteiger partial charge in [0.15, 0.2) is 0 Å². The Morgan fingerprint density at radius 3 is 2.24 bits per heavy atom. The maximum Gasteiger partial charge on any atom is 0.223 e. The van der Waals surface area contributed by atoms with Gasteiger partial charge in [0, 0.05) is 45.2 Å². The van der Waals surface area contributed by atoms with Gasteiger partial charge in [0.25, 0.3) is 0 Å². The molecule has 0 aromatic carbocycles. The van der Waals surface area contributed by atoms with Crippen molar-refractivity contribution in [2.45, 2.75) is 25.3 Å². The average Bonchev–Trinajstić information content (AvgIpc) is 3.10. The molecular formula is C11H23Cl2N3O. The summed E-state index contributed by atoms with van der Waals surface area (Å²) in [4.78, 5) is 16.3. The van der Waals surface area contributed by atoms with Crippen molar-refractivity contribution >= 4 is 30.7 Å². The van der Waals surface area contributed by atoms with Crippen LogP contribution in [0.2, 0.25) is 0 Å². The third kappa shape index (κ3) is 5.00. The van der Waals surface area contributed by atoms with Gasteiger partial charge in [-0.15, -0.1) is 24.8 Å². The molecule has 0 bridgehead atoms. The topological polar surface area (TPSA) is 35.6 Å². The van der Waals surface area contributed by atoms with Gasteiger partial charge in [-0.25, -0.2) is 0 Å². The van der Waals surface area contributed by atoms with E-state index in [0.717, 1.165) is 38.8 Å². The molecule has 0 aromatic heterocycles. The monoisotopic (exact) mass is 283 g/mol. The number of hydrogen-bond acceptors (Lipinski definition) is 3. The van der Waals surface area contributed by atoms with Gasteiger partial charge >= 0.3 is 0 Å². The summed E-state index contributed by atoms with van der Waals surface area (Å²) in [5.41, 5.74) is 0. The van der Waals surface area contributed by atoms with Gasteiger partial charge in [-0.05, 0) is 19.9 Å². The minimum absolute atomic E-state index is 0. The van der Waals surface area contributed by atoms with Crippen LogP contribution in [-0.4, -0.2) is 61.5 Å².